The summed E-state index contributed by atoms with van der Waals surface area (Å²) in [5.74, 6) is 1.09. The molecule has 0 fully saturated rings. The van der Waals surface area contributed by atoms with Gasteiger partial charge in [-0.25, -0.2) is 9.97 Å². The van der Waals surface area contributed by atoms with Crippen molar-refractivity contribution >= 4 is 50.9 Å². The van der Waals surface area contributed by atoms with Crippen LogP contribution in [-0.2, 0) is 24.2 Å². The number of aliphatic imine (C=N–C) groups is 1. The van der Waals surface area contributed by atoms with Crippen LogP contribution in [0, 0.1) is 5.92 Å². The van der Waals surface area contributed by atoms with E-state index in [-0.39, 0.29) is 11.8 Å². The number of hydrogen-bond donors (Lipinski definition) is 1. The van der Waals surface area contributed by atoms with Crippen molar-refractivity contribution in [1.29, 1.82) is 0 Å². The van der Waals surface area contributed by atoms with E-state index in [4.69, 9.17) is 0 Å². The molecule has 1 atom stereocenters. The molecule has 0 bridgehead atoms. The molecule has 8 heteroatoms. The molecule has 160 valence electrons. The Morgan fingerprint density at radius 1 is 1.19 bits per heavy atom. The van der Waals surface area contributed by atoms with Crippen molar-refractivity contribution in [2.45, 2.75) is 25.8 Å². The summed E-state index contributed by atoms with van der Waals surface area (Å²) < 4.78 is 0. The molecule has 1 aliphatic heterocycles. The first-order valence-electron chi connectivity index (χ1n) is 10.5. The van der Waals surface area contributed by atoms with Gasteiger partial charge in [0.2, 0.25) is 5.91 Å². The van der Waals surface area contributed by atoms with Crippen molar-refractivity contribution in [3.63, 3.8) is 0 Å². The number of carbonyl (C=O) groups excluding carboxylic acids is 1. The number of anilines is 3. The molecule has 2 aliphatic rings. The maximum Gasteiger partial charge on any atom is 0.225 e. The minimum atomic E-state index is 0.0521. The van der Waals surface area contributed by atoms with E-state index < -0.39 is 0 Å². The zero-order valence-electron chi connectivity index (χ0n) is 18.3. The van der Waals surface area contributed by atoms with E-state index >= 15 is 0 Å². The molecule has 1 N–H and O–H groups in total. The van der Waals surface area contributed by atoms with Crippen LogP contribution in [0.5, 0.6) is 0 Å². The first kappa shape index (κ1) is 19.9. The third-order valence-corrected chi connectivity index (χ3v) is 7.28. The minimum absolute atomic E-state index is 0.0521. The first-order chi connectivity index (χ1) is 14.9. The molecule has 31 heavy (non-hydrogen) atoms. The van der Waals surface area contributed by atoms with Crippen LogP contribution in [0.3, 0.4) is 0 Å². The molecule has 5 rings (SSSR count). The normalized spacial score (nSPS) is 16.8. The highest BCUT2D eigenvalue weighted by Gasteiger charge is 2.30. The molecule has 0 saturated heterocycles. The van der Waals surface area contributed by atoms with Crippen LogP contribution in [-0.4, -0.2) is 55.2 Å². The highest BCUT2D eigenvalue weighted by atomic mass is 32.1. The molecule has 1 aromatic carbocycles. The predicted octanol–water partition coefficient (Wildman–Crippen LogP) is 3.63. The average molecular weight is 435 g/mol. The van der Waals surface area contributed by atoms with Crippen LogP contribution < -0.4 is 10.2 Å². The summed E-state index contributed by atoms with van der Waals surface area (Å²) in [5.41, 5.74) is 5.80. The number of benzene rings is 1. The van der Waals surface area contributed by atoms with Crippen molar-refractivity contribution in [3.05, 3.63) is 40.0 Å². The van der Waals surface area contributed by atoms with Crippen LogP contribution in [0.25, 0.3) is 10.2 Å². The molecular formula is C23H26N6OS. The van der Waals surface area contributed by atoms with Crippen LogP contribution in [0.15, 0.2) is 23.5 Å². The Morgan fingerprint density at radius 2 is 2.03 bits per heavy atom. The van der Waals surface area contributed by atoms with E-state index in [1.54, 1.807) is 22.6 Å². The van der Waals surface area contributed by atoms with Crippen LogP contribution in [0.1, 0.15) is 28.0 Å². The summed E-state index contributed by atoms with van der Waals surface area (Å²) in [5, 5.41) is 4.69. The molecule has 0 spiro atoms. The molecule has 7 nitrogen and oxygen atoms in total. The number of fused-ring (bicyclic) bond motifs is 4. The Balaban J connectivity index is 1.55. The van der Waals surface area contributed by atoms with Gasteiger partial charge >= 0.3 is 0 Å². The first-order valence-corrected chi connectivity index (χ1v) is 11.3. The third-order valence-electron chi connectivity index (χ3n) is 6.12. The van der Waals surface area contributed by atoms with Crippen molar-refractivity contribution in [2.75, 3.05) is 38.4 Å². The second-order valence-corrected chi connectivity index (χ2v) is 9.72. The second-order valence-electron chi connectivity index (χ2n) is 8.64. The largest absolute Gasteiger partial charge is 0.376 e. The lowest BCUT2D eigenvalue weighted by Gasteiger charge is -2.24. The quantitative estimate of drug-likeness (QED) is 0.679. The zero-order valence-corrected chi connectivity index (χ0v) is 19.1. The van der Waals surface area contributed by atoms with E-state index in [9.17, 15) is 4.79 Å². The number of thiophene rings is 1. The van der Waals surface area contributed by atoms with Gasteiger partial charge in [-0.1, -0.05) is 0 Å². The minimum Gasteiger partial charge on any atom is -0.376 e. The van der Waals surface area contributed by atoms with Crippen molar-refractivity contribution < 1.29 is 4.79 Å². The Hall–Kier alpha value is -3.00. The van der Waals surface area contributed by atoms with E-state index in [0.29, 0.717) is 0 Å². The van der Waals surface area contributed by atoms with Gasteiger partial charge in [0.15, 0.2) is 0 Å². The summed E-state index contributed by atoms with van der Waals surface area (Å²) in [7, 11) is 7.76. The number of hydrogen-bond acceptors (Lipinski definition) is 7. The number of nitrogens with one attached hydrogen (secondary N) is 1. The van der Waals surface area contributed by atoms with Gasteiger partial charge in [-0.15, -0.1) is 11.3 Å². The Bertz CT molecular complexity index is 1210. The van der Waals surface area contributed by atoms with Crippen LogP contribution in [0.2, 0.25) is 0 Å². The fourth-order valence-corrected chi connectivity index (χ4v) is 5.79. The number of aromatic nitrogens is 2. The third kappa shape index (κ3) is 3.44. The van der Waals surface area contributed by atoms with Gasteiger partial charge < -0.3 is 15.1 Å². The topological polar surface area (TPSA) is 73.7 Å². The summed E-state index contributed by atoms with van der Waals surface area (Å²) in [4.78, 5) is 32.1. The van der Waals surface area contributed by atoms with Crippen LogP contribution in [0.4, 0.5) is 17.2 Å². The summed E-state index contributed by atoms with van der Waals surface area (Å²) in [6.07, 6.45) is 6.08. The SMILES string of the molecule is CN(C)C(=O)[C@H]1CCc2c(sc3ncnc(Nc4cc5c(cc4N(C)C)CN=C5)c23)C1. The number of amides is 1. The zero-order chi connectivity index (χ0) is 21.7. The fourth-order valence-electron chi connectivity index (χ4n) is 4.53. The lowest BCUT2D eigenvalue weighted by Crippen LogP contribution is -2.32. The lowest BCUT2D eigenvalue weighted by atomic mass is 9.87. The fraction of sp³-hybridized carbons (Fsp3) is 0.391. The Labute approximate surface area is 185 Å². The summed E-state index contributed by atoms with van der Waals surface area (Å²) in [6, 6.07) is 4.35. The van der Waals surface area contributed by atoms with Gasteiger partial charge in [-0.2, -0.15) is 0 Å². The molecular weight excluding hydrogens is 408 g/mol. The summed E-state index contributed by atoms with van der Waals surface area (Å²) >= 11 is 1.69. The molecule has 0 saturated carbocycles. The summed E-state index contributed by atoms with van der Waals surface area (Å²) in [6.45, 7) is 0.735. The van der Waals surface area contributed by atoms with Crippen molar-refractivity contribution in [3.8, 4) is 0 Å². The van der Waals surface area contributed by atoms with Gasteiger partial charge in [-0.05, 0) is 48.1 Å². The maximum absolute atomic E-state index is 12.5. The van der Waals surface area contributed by atoms with E-state index in [2.05, 4.69) is 37.3 Å². The lowest BCUT2D eigenvalue weighted by molar-refractivity contribution is -0.133. The highest BCUT2D eigenvalue weighted by molar-refractivity contribution is 7.19. The molecule has 0 radical (unpaired) electrons. The number of aryl methyl sites for hydroxylation is 1. The molecule has 3 heterocycles. The number of nitrogens with zero attached hydrogens (tertiary/aromatic N) is 5. The number of rotatable bonds is 4. The molecule has 3 aromatic rings. The van der Waals surface area contributed by atoms with E-state index in [0.717, 1.165) is 58.8 Å². The Morgan fingerprint density at radius 3 is 2.81 bits per heavy atom. The van der Waals surface area contributed by atoms with Crippen molar-refractivity contribution in [1.82, 2.24) is 14.9 Å². The monoisotopic (exact) mass is 434 g/mol. The van der Waals surface area contributed by atoms with Gasteiger partial charge in [-0.3, -0.25) is 9.79 Å². The predicted molar refractivity (Wildman–Crippen MR) is 127 cm³/mol. The molecule has 1 amide bonds. The van der Waals surface area contributed by atoms with Gasteiger partial charge in [0.1, 0.15) is 17.0 Å². The highest BCUT2D eigenvalue weighted by Crippen LogP contribution is 2.41. The Kier molecular flexibility index (Phi) is 4.89. The maximum atomic E-state index is 12.5. The van der Waals surface area contributed by atoms with Gasteiger partial charge in [0.05, 0.1) is 23.3 Å². The molecule has 2 aromatic heterocycles. The van der Waals surface area contributed by atoms with Gasteiger partial charge in [0, 0.05) is 45.2 Å². The van der Waals surface area contributed by atoms with Crippen LogP contribution >= 0.6 is 11.3 Å². The standard InChI is InChI=1S/C23H26N6OS/c1-28(2)18-8-15-11-24-10-14(15)7-17(18)27-21-20-16-6-5-13(23(30)29(3)4)9-19(16)31-22(20)26-12-25-21/h7-8,10,12-13H,5-6,9,11H2,1-4H3,(H,25,26,27)/t13-/m0/s1. The van der Waals surface area contributed by atoms with Gasteiger partial charge in [0.25, 0.3) is 0 Å². The average Bonchev–Trinajstić information content (AvgIpc) is 3.35. The second kappa shape index (κ2) is 7.60. The van der Waals surface area contributed by atoms with Crippen molar-refractivity contribution in [2.24, 2.45) is 10.9 Å². The number of carbonyl (C=O) groups is 1. The van der Waals surface area contributed by atoms with E-state index in [1.165, 1.54) is 16.0 Å². The molecule has 0 unspecified atom stereocenters. The van der Waals surface area contributed by atoms with E-state index in [1.807, 2.05) is 34.4 Å². The smallest absolute Gasteiger partial charge is 0.225 e. The molecule has 1 aliphatic carbocycles.